The van der Waals surface area contributed by atoms with Crippen LogP contribution in [0.2, 0.25) is 0 Å². The van der Waals surface area contributed by atoms with Crippen LogP contribution in [0.5, 0.6) is 11.8 Å². The van der Waals surface area contributed by atoms with Gasteiger partial charge in [0.15, 0.2) is 11.4 Å². The molecule has 2 aliphatic carbocycles. The average molecular weight is 1310 g/mol. The van der Waals surface area contributed by atoms with Crippen molar-refractivity contribution in [2.45, 2.75) is 199 Å². The molecule has 2 N–H and O–H groups in total. The molecule has 4 fully saturated rings. The fraction of sp³-hybridized carbons (Fsp3) is 0.619. The first kappa shape index (κ1) is 69.9. The van der Waals surface area contributed by atoms with Crippen molar-refractivity contribution in [3.63, 3.8) is 0 Å². The summed E-state index contributed by atoms with van der Waals surface area (Å²) in [6, 6.07) is 8.61. The van der Waals surface area contributed by atoms with Crippen molar-refractivity contribution in [3.8, 4) is 23.9 Å². The molecule has 4 aromatic rings. The molecule has 2 aromatic carbocycles. The molecule has 4 bridgehead atoms. The monoisotopic (exact) mass is 1310 g/mol. The molecule has 2 radical (unpaired) electrons. The van der Waals surface area contributed by atoms with Crippen LogP contribution in [-0.2, 0) is 77.6 Å². The Bertz CT molecular complexity index is 3450. The number of hydrogen-bond acceptors (Lipinski definition) is 16. The van der Waals surface area contributed by atoms with E-state index < -0.39 is 142 Å². The minimum absolute atomic E-state index is 0. The average Bonchev–Trinajstić information content (AvgIpc) is 2.10. The van der Waals surface area contributed by atoms with Crippen LogP contribution in [0.3, 0.4) is 0 Å². The Morgan fingerprint density at radius 3 is 1.43 bits per heavy atom. The van der Waals surface area contributed by atoms with Crippen molar-refractivity contribution in [2.75, 3.05) is 13.1 Å². The van der Waals surface area contributed by atoms with Gasteiger partial charge >= 0.3 is 12.2 Å². The number of hydrogen-bond donors (Lipinski definition) is 2. The SMILES string of the molecule is CC[C@@H]1[C@@H]2CN(C(=O)[C@H](C(C)(C)C)NC(=O)O[C@]3(C)C[C@H]3CCCCC(F)(F)c3nc4ccc(C#N)cc4nc3O2)[C@@H]1[C-]=O.C[C@@H]1[C@@H]2CN(C(=O)[C@H](C(C)(C)C)NC(=O)O[C@]3(C)C[C@H]3CCCCC(F)(F)c3nc4ccc(C#N)cc4nc3O2)[C@@H]1[C-]=O.[V].[V]. The smallest absolute Gasteiger partial charge is 0.408 e. The molecule has 2 saturated heterocycles. The number of fused-ring (bicyclic) bond motifs is 10. The summed E-state index contributed by atoms with van der Waals surface area (Å²) >= 11 is 0. The van der Waals surface area contributed by atoms with Gasteiger partial charge in [0.25, 0.3) is 11.8 Å². The van der Waals surface area contributed by atoms with Gasteiger partial charge < -0.3 is 49.0 Å². The summed E-state index contributed by atoms with van der Waals surface area (Å²) in [5.41, 5.74) is -2.91. The maximum atomic E-state index is 15.9. The molecule has 0 unspecified atom stereocenters. The zero-order chi connectivity index (χ0) is 63.3. The topological polar surface area (TPSA) is 269 Å². The molecule has 10 rings (SSSR count). The summed E-state index contributed by atoms with van der Waals surface area (Å²) < 4.78 is 87.2. The van der Waals surface area contributed by atoms with Crippen LogP contribution in [-0.4, -0.2) is 127 Å². The second-order valence-corrected chi connectivity index (χ2v) is 26.7. The van der Waals surface area contributed by atoms with E-state index in [4.69, 9.17) is 18.9 Å². The van der Waals surface area contributed by atoms with Crippen LogP contribution in [0.15, 0.2) is 36.4 Å². The van der Waals surface area contributed by atoms with E-state index in [2.05, 4.69) is 30.6 Å². The van der Waals surface area contributed by atoms with Crippen molar-refractivity contribution in [3.05, 3.63) is 58.9 Å². The molecule has 4 amide bonds. The van der Waals surface area contributed by atoms with E-state index in [0.717, 1.165) is 0 Å². The Morgan fingerprint density at radius 1 is 0.629 bits per heavy atom. The fourth-order valence-corrected chi connectivity index (χ4v) is 12.5. The van der Waals surface area contributed by atoms with Crippen LogP contribution in [0.25, 0.3) is 22.1 Å². The van der Waals surface area contributed by atoms with Gasteiger partial charge in [-0.2, -0.15) is 28.1 Å². The van der Waals surface area contributed by atoms with Crippen LogP contribution in [0.4, 0.5) is 27.2 Å². The first-order valence-electron chi connectivity index (χ1n) is 29.8. The third-order valence-electron chi connectivity index (χ3n) is 18.1. The molecule has 476 valence electrons. The number of alkyl carbamates (subject to hydrolysis) is 2. The third-order valence-corrected chi connectivity index (χ3v) is 18.1. The fourth-order valence-electron chi connectivity index (χ4n) is 12.5. The molecule has 0 spiro atoms. The number of benzene rings is 2. The molecule has 2 aromatic heterocycles. The molecular formula is C63H74F4N10O10V2-2. The maximum Gasteiger partial charge on any atom is 0.408 e. The number of nitrogens with zero attached hydrogens (tertiary/aromatic N) is 8. The molecule has 2 saturated carbocycles. The van der Waals surface area contributed by atoms with Crippen molar-refractivity contribution in [1.29, 1.82) is 10.5 Å². The number of carbonyl (C=O) groups excluding carboxylic acids is 6. The molecular weight excluding hydrogens is 1230 g/mol. The Kier molecular flexibility index (Phi) is 21.0. The largest absolute Gasteiger partial charge is 0.540 e. The summed E-state index contributed by atoms with van der Waals surface area (Å²) in [7, 11) is 0. The standard InChI is InChI=1S/C32H38F2N5O5.C31H36F2N5O5.2V/c1-6-20-23(17-40)39-16-24(20)43-27-25(36-21-11-10-18(15-35)13-22(21)37-27)32(33,34)12-8-7-9-19-14-31(19,5)44-29(42)38-26(28(39)41)30(2,3)4;1-17-22(16-39)38-15-23(17)42-26-24(35-20-10-9-18(14-34)12-21(20)36-26)31(32,33)11-7-6-8-19-13-30(19,5)43-28(41)37-25(27(38)40)29(2,3)4;;/h10-11,13,19-20,23-24,26H,6-9,12,14,16H2,1-5H3,(H,38,42);9-10,12,17,19,22-23,25H,6-8,11,13,15H2,1-5H3,(H,37,41);;/q2*-1;;/t19-,20+,23-,24+,26-,31-;17-,19+,22+,23-,25+,30+;;/m10../s1. The minimum Gasteiger partial charge on any atom is -0.540 e. The van der Waals surface area contributed by atoms with Gasteiger partial charge in [-0.25, -0.2) is 42.1 Å². The van der Waals surface area contributed by atoms with Gasteiger partial charge in [-0.05, 0) is 111 Å². The molecule has 12 atom stereocenters. The molecule has 89 heavy (non-hydrogen) atoms. The molecule has 6 aliphatic rings. The van der Waals surface area contributed by atoms with Gasteiger partial charge in [-0.15, -0.1) is 0 Å². The summed E-state index contributed by atoms with van der Waals surface area (Å²) in [5, 5.41) is 24.2. The Hall–Kier alpha value is -6.59. The quantitative estimate of drug-likeness (QED) is 0.143. The Labute approximate surface area is 538 Å². The zero-order valence-electron chi connectivity index (χ0n) is 51.5. The molecule has 26 heteroatoms. The zero-order valence-corrected chi connectivity index (χ0v) is 54.3. The van der Waals surface area contributed by atoms with E-state index in [1.54, 1.807) is 69.2 Å². The second kappa shape index (κ2) is 26.7. The molecule has 6 heterocycles. The summed E-state index contributed by atoms with van der Waals surface area (Å²) in [4.78, 5) is 98.3. The molecule has 4 aliphatic heterocycles. The van der Waals surface area contributed by atoms with E-state index in [1.165, 1.54) is 46.2 Å². The number of carbonyl (C=O) groups is 4. The number of aromatic nitrogens is 4. The van der Waals surface area contributed by atoms with Crippen molar-refractivity contribution in [1.82, 2.24) is 40.4 Å². The van der Waals surface area contributed by atoms with Crippen molar-refractivity contribution in [2.24, 2.45) is 34.5 Å². The normalized spacial score (nSPS) is 30.4. The summed E-state index contributed by atoms with van der Waals surface area (Å²) in [6.45, 7) is 17.5. The van der Waals surface area contributed by atoms with Crippen LogP contribution < -0.4 is 20.1 Å². The van der Waals surface area contributed by atoms with Gasteiger partial charge in [0, 0.05) is 61.8 Å². The Balaban J connectivity index is 0.000000248. The second-order valence-electron chi connectivity index (χ2n) is 26.7. The van der Waals surface area contributed by atoms with E-state index in [-0.39, 0.29) is 108 Å². The van der Waals surface area contributed by atoms with Gasteiger partial charge in [0.05, 0.1) is 58.4 Å². The number of rotatable bonds is 3. The van der Waals surface area contributed by atoms with E-state index in [0.29, 0.717) is 44.9 Å². The number of amides is 4. The van der Waals surface area contributed by atoms with E-state index in [9.17, 15) is 39.3 Å². The predicted octanol–water partition coefficient (Wildman–Crippen LogP) is 9.97. The van der Waals surface area contributed by atoms with Gasteiger partial charge in [0.2, 0.25) is 23.6 Å². The van der Waals surface area contributed by atoms with E-state index >= 15 is 17.6 Å². The van der Waals surface area contributed by atoms with Gasteiger partial charge in [-0.3, -0.25) is 9.59 Å². The summed E-state index contributed by atoms with van der Waals surface area (Å²) in [6.07, 6.45) is 3.65. The minimum atomic E-state index is -3.40. The first-order valence-corrected chi connectivity index (χ1v) is 29.8. The van der Waals surface area contributed by atoms with Crippen molar-refractivity contribution < 1.29 is 102 Å². The van der Waals surface area contributed by atoms with Crippen LogP contribution >= 0.6 is 0 Å². The van der Waals surface area contributed by atoms with Crippen LogP contribution in [0.1, 0.15) is 162 Å². The number of halogens is 4. The van der Waals surface area contributed by atoms with Gasteiger partial charge in [0.1, 0.15) is 35.5 Å². The number of nitrogens with one attached hydrogen (secondary N) is 2. The number of alkyl halides is 4. The van der Waals surface area contributed by atoms with Crippen molar-refractivity contribution >= 4 is 58.6 Å². The maximum absolute atomic E-state index is 15.9. The number of nitriles is 2. The number of ether oxygens (including phenoxy) is 4. The summed E-state index contributed by atoms with van der Waals surface area (Å²) in [5.74, 6) is -9.89. The predicted molar refractivity (Wildman–Crippen MR) is 306 cm³/mol. The Morgan fingerprint density at radius 2 is 1.03 bits per heavy atom. The first-order chi connectivity index (χ1) is 40.9. The van der Waals surface area contributed by atoms with Crippen LogP contribution in [0, 0.1) is 57.2 Å². The van der Waals surface area contributed by atoms with E-state index in [1.807, 2.05) is 24.7 Å². The third kappa shape index (κ3) is 14.9. The molecule has 20 nitrogen and oxygen atoms in total. The van der Waals surface area contributed by atoms with Gasteiger partial charge in [-0.1, -0.05) is 86.7 Å².